The Balaban J connectivity index is 1.46. The second-order valence-electron chi connectivity index (χ2n) is 7.60. The summed E-state index contributed by atoms with van der Waals surface area (Å²) in [5.74, 6) is -0.949. The summed E-state index contributed by atoms with van der Waals surface area (Å²) in [6.07, 6.45) is 0.676. The zero-order chi connectivity index (χ0) is 21.4. The molecule has 30 heavy (non-hydrogen) atoms. The summed E-state index contributed by atoms with van der Waals surface area (Å²) in [4.78, 5) is 50.2. The lowest BCUT2D eigenvalue weighted by Gasteiger charge is -2.18. The van der Waals surface area contributed by atoms with Gasteiger partial charge in [0.05, 0.1) is 5.56 Å². The summed E-state index contributed by atoms with van der Waals surface area (Å²) in [6.45, 7) is 3.67. The van der Waals surface area contributed by atoms with Gasteiger partial charge < -0.3 is 15.0 Å². The predicted octanol–water partition coefficient (Wildman–Crippen LogP) is 2.91. The van der Waals surface area contributed by atoms with E-state index in [1.54, 1.807) is 48.2 Å². The number of carbonyl (C=O) groups excluding carboxylic acids is 4. The van der Waals surface area contributed by atoms with Crippen molar-refractivity contribution in [2.75, 3.05) is 16.8 Å². The quantitative estimate of drug-likeness (QED) is 0.623. The van der Waals surface area contributed by atoms with Gasteiger partial charge in [0.25, 0.3) is 0 Å². The molecule has 2 aromatic rings. The molecule has 7 heteroatoms. The van der Waals surface area contributed by atoms with Gasteiger partial charge in [-0.15, -0.1) is 0 Å². The van der Waals surface area contributed by atoms with Crippen molar-refractivity contribution in [3.8, 4) is 0 Å². The van der Waals surface area contributed by atoms with Crippen LogP contribution in [0.15, 0.2) is 36.4 Å². The highest BCUT2D eigenvalue weighted by atomic mass is 16.5. The van der Waals surface area contributed by atoms with Crippen LogP contribution in [0.1, 0.15) is 52.1 Å². The molecule has 0 fully saturated rings. The SMILES string of the molecule is CC(=O)N1CCc2cc(C(=O)C(C)OC(=O)c3ccc4c(c3)CCC(=O)N4)ccc21. The summed E-state index contributed by atoms with van der Waals surface area (Å²) < 4.78 is 5.40. The largest absolute Gasteiger partial charge is 0.451 e. The van der Waals surface area contributed by atoms with E-state index >= 15 is 0 Å². The highest BCUT2D eigenvalue weighted by Crippen LogP contribution is 2.29. The number of fused-ring (bicyclic) bond motifs is 2. The number of benzene rings is 2. The van der Waals surface area contributed by atoms with Crippen LogP contribution in [-0.4, -0.2) is 36.2 Å². The van der Waals surface area contributed by atoms with Gasteiger partial charge in [0.15, 0.2) is 6.10 Å². The van der Waals surface area contributed by atoms with Crippen LogP contribution in [0.25, 0.3) is 0 Å². The number of amides is 2. The molecule has 1 unspecified atom stereocenters. The van der Waals surface area contributed by atoms with E-state index in [1.807, 2.05) is 0 Å². The molecule has 0 saturated heterocycles. The maximum absolute atomic E-state index is 12.8. The first-order valence-corrected chi connectivity index (χ1v) is 9.92. The van der Waals surface area contributed by atoms with Crippen molar-refractivity contribution in [1.82, 2.24) is 0 Å². The van der Waals surface area contributed by atoms with Crippen LogP contribution in [-0.2, 0) is 27.2 Å². The van der Waals surface area contributed by atoms with Crippen LogP contribution in [0.5, 0.6) is 0 Å². The molecule has 0 radical (unpaired) electrons. The monoisotopic (exact) mass is 406 g/mol. The fraction of sp³-hybridized carbons (Fsp3) is 0.304. The molecule has 4 rings (SSSR count). The number of nitrogens with one attached hydrogen (secondary N) is 1. The molecule has 2 aromatic carbocycles. The molecule has 0 bridgehead atoms. The maximum Gasteiger partial charge on any atom is 0.338 e. The minimum absolute atomic E-state index is 0.0280. The van der Waals surface area contributed by atoms with Crippen molar-refractivity contribution in [2.45, 2.75) is 39.2 Å². The highest BCUT2D eigenvalue weighted by Gasteiger charge is 2.26. The zero-order valence-electron chi connectivity index (χ0n) is 16.9. The Bertz CT molecular complexity index is 1080. The Labute approximate surface area is 174 Å². The summed E-state index contributed by atoms with van der Waals surface area (Å²) in [5.41, 5.74) is 4.13. The third-order valence-corrected chi connectivity index (χ3v) is 5.53. The third-order valence-electron chi connectivity index (χ3n) is 5.53. The standard InChI is InChI=1S/C23H22N2O5/c1-13(22(28)17-4-7-20-16(12-17)9-10-25(20)14(2)26)30-23(29)18-3-6-19-15(11-18)5-8-21(27)24-19/h3-4,6-7,11-13H,5,8-10H2,1-2H3,(H,24,27). The van der Waals surface area contributed by atoms with Crippen LogP contribution in [0.2, 0.25) is 0 Å². The van der Waals surface area contributed by atoms with E-state index in [-0.39, 0.29) is 17.6 Å². The number of anilines is 2. The van der Waals surface area contributed by atoms with Crippen molar-refractivity contribution in [3.63, 3.8) is 0 Å². The molecule has 2 amide bonds. The summed E-state index contributed by atoms with van der Waals surface area (Å²) in [7, 11) is 0. The number of aryl methyl sites for hydroxylation is 1. The summed E-state index contributed by atoms with van der Waals surface area (Å²) in [6, 6.07) is 10.1. The molecular weight excluding hydrogens is 384 g/mol. The van der Waals surface area contributed by atoms with Crippen molar-refractivity contribution in [1.29, 1.82) is 0 Å². The number of rotatable bonds is 4. The van der Waals surface area contributed by atoms with Crippen LogP contribution in [0, 0.1) is 0 Å². The average Bonchev–Trinajstić information content (AvgIpc) is 3.16. The predicted molar refractivity (Wildman–Crippen MR) is 111 cm³/mol. The number of ketones is 1. The van der Waals surface area contributed by atoms with Gasteiger partial charge in [0.2, 0.25) is 17.6 Å². The van der Waals surface area contributed by atoms with E-state index in [9.17, 15) is 19.2 Å². The van der Waals surface area contributed by atoms with E-state index in [2.05, 4.69) is 5.32 Å². The Morgan fingerprint density at radius 3 is 2.50 bits per heavy atom. The second kappa shape index (κ2) is 7.74. The van der Waals surface area contributed by atoms with Gasteiger partial charge in [-0.3, -0.25) is 14.4 Å². The van der Waals surface area contributed by atoms with Crippen molar-refractivity contribution < 1.29 is 23.9 Å². The van der Waals surface area contributed by atoms with Gasteiger partial charge >= 0.3 is 5.97 Å². The summed E-state index contributed by atoms with van der Waals surface area (Å²) in [5, 5.41) is 2.77. The topological polar surface area (TPSA) is 92.8 Å². The van der Waals surface area contributed by atoms with Crippen molar-refractivity contribution in [3.05, 3.63) is 58.7 Å². The normalized spacial score (nSPS) is 15.7. The Morgan fingerprint density at radius 1 is 1.00 bits per heavy atom. The van der Waals surface area contributed by atoms with Gasteiger partial charge in [0, 0.05) is 36.8 Å². The average molecular weight is 406 g/mol. The molecule has 0 aromatic heterocycles. The van der Waals surface area contributed by atoms with Crippen molar-refractivity contribution in [2.24, 2.45) is 0 Å². The van der Waals surface area contributed by atoms with E-state index < -0.39 is 12.1 Å². The van der Waals surface area contributed by atoms with E-state index in [4.69, 9.17) is 4.74 Å². The molecule has 2 aliphatic rings. The second-order valence-corrected chi connectivity index (χ2v) is 7.60. The molecule has 1 atom stereocenters. The van der Waals surface area contributed by atoms with Crippen molar-refractivity contribution >= 4 is 34.9 Å². The van der Waals surface area contributed by atoms with Gasteiger partial charge in [-0.1, -0.05) is 0 Å². The van der Waals surface area contributed by atoms with E-state index in [0.29, 0.717) is 42.6 Å². The summed E-state index contributed by atoms with van der Waals surface area (Å²) >= 11 is 0. The molecule has 2 aliphatic heterocycles. The molecule has 7 nitrogen and oxygen atoms in total. The first-order chi connectivity index (χ1) is 14.3. The highest BCUT2D eigenvalue weighted by molar-refractivity contribution is 6.03. The lowest BCUT2D eigenvalue weighted by molar-refractivity contribution is -0.117. The van der Waals surface area contributed by atoms with Crippen LogP contribution < -0.4 is 10.2 Å². The Hall–Kier alpha value is -3.48. The number of ether oxygens (including phenoxy) is 1. The molecule has 0 saturated carbocycles. The van der Waals surface area contributed by atoms with Gasteiger partial charge in [-0.2, -0.15) is 0 Å². The fourth-order valence-electron chi connectivity index (χ4n) is 3.91. The lowest BCUT2D eigenvalue weighted by atomic mass is 10.0. The van der Waals surface area contributed by atoms with Gasteiger partial charge in [-0.25, -0.2) is 4.79 Å². The minimum Gasteiger partial charge on any atom is -0.451 e. The molecule has 1 N–H and O–H groups in total. The van der Waals surface area contributed by atoms with E-state index in [1.165, 1.54) is 6.92 Å². The first-order valence-electron chi connectivity index (χ1n) is 9.92. The fourth-order valence-corrected chi connectivity index (χ4v) is 3.91. The molecule has 154 valence electrons. The zero-order valence-corrected chi connectivity index (χ0v) is 16.9. The first kappa shape index (κ1) is 19.8. The van der Waals surface area contributed by atoms with Gasteiger partial charge in [0.1, 0.15) is 0 Å². The maximum atomic E-state index is 12.8. The lowest BCUT2D eigenvalue weighted by Crippen LogP contribution is -2.26. The number of nitrogens with zero attached hydrogens (tertiary/aromatic N) is 1. The molecular formula is C23H22N2O5. The Morgan fingerprint density at radius 2 is 1.73 bits per heavy atom. The number of esters is 1. The van der Waals surface area contributed by atoms with Crippen LogP contribution in [0.3, 0.4) is 0 Å². The van der Waals surface area contributed by atoms with Crippen LogP contribution in [0.4, 0.5) is 11.4 Å². The Kier molecular flexibility index (Phi) is 5.11. The van der Waals surface area contributed by atoms with Gasteiger partial charge in [-0.05, 0) is 67.3 Å². The smallest absolute Gasteiger partial charge is 0.338 e. The molecule has 0 spiro atoms. The number of hydrogen-bond donors (Lipinski definition) is 1. The minimum atomic E-state index is -0.948. The number of carbonyl (C=O) groups is 4. The third kappa shape index (κ3) is 3.70. The molecule has 0 aliphatic carbocycles. The number of Topliss-reactive ketones (excluding diaryl/α,β-unsaturated/α-hetero) is 1. The molecule has 2 heterocycles. The van der Waals surface area contributed by atoms with E-state index in [0.717, 1.165) is 16.8 Å². The van der Waals surface area contributed by atoms with Crippen LogP contribution >= 0.6 is 0 Å². The number of hydrogen-bond acceptors (Lipinski definition) is 5.